The van der Waals surface area contributed by atoms with Crippen molar-refractivity contribution in [2.75, 3.05) is 18.0 Å². The number of carbonyl (C=O) groups is 1. The van der Waals surface area contributed by atoms with Crippen LogP contribution in [0, 0.1) is 12.8 Å². The minimum atomic E-state index is -0.905. The van der Waals surface area contributed by atoms with Gasteiger partial charge in [0.25, 0.3) is 0 Å². The van der Waals surface area contributed by atoms with Gasteiger partial charge in [-0.2, -0.15) is 0 Å². The highest BCUT2D eigenvalue weighted by molar-refractivity contribution is 5.88. The molecule has 3 aromatic carbocycles. The maximum atomic E-state index is 11.1. The molecular formula is C31H28N2O3. The van der Waals surface area contributed by atoms with Crippen LogP contribution < -0.4 is 4.90 Å². The van der Waals surface area contributed by atoms with E-state index in [0.717, 1.165) is 46.8 Å². The number of aryl methyl sites for hydroxylation is 1. The van der Waals surface area contributed by atoms with Crippen LogP contribution in [0.2, 0.25) is 0 Å². The normalized spacial score (nSPS) is 15.9. The van der Waals surface area contributed by atoms with Crippen LogP contribution in [0.3, 0.4) is 0 Å². The number of hydrogen-bond donors (Lipinski definition) is 1. The maximum Gasteiger partial charge on any atom is 0.335 e. The Kier molecular flexibility index (Phi) is 5.68. The zero-order chi connectivity index (χ0) is 24.6. The van der Waals surface area contributed by atoms with Crippen LogP contribution in [-0.2, 0) is 0 Å². The molecule has 36 heavy (non-hydrogen) atoms. The monoisotopic (exact) mass is 476 g/mol. The smallest absolute Gasteiger partial charge is 0.335 e. The summed E-state index contributed by atoms with van der Waals surface area (Å²) in [5, 5.41) is 13.6. The lowest BCUT2D eigenvalue weighted by molar-refractivity contribution is 0.0697. The Morgan fingerprint density at radius 2 is 1.64 bits per heavy atom. The summed E-state index contributed by atoms with van der Waals surface area (Å²) in [7, 11) is 0. The molecule has 5 heteroatoms. The molecule has 180 valence electrons. The summed E-state index contributed by atoms with van der Waals surface area (Å²) in [6.45, 7) is 4.08. The van der Waals surface area contributed by atoms with Crippen LogP contribution in [0.5, 0.6) is 0 Å². The molecular weight excluding hydrogens is 448 g/mol. The summed E-state index contributed by atoms with van der Waals surface area (Å²) in [6, 6.07) is 23.8. The average molecular weight is 477 g/mol. The van der Waals surface area contributed by atoms with Gasteiger partial charge in [-0.1, -0.05) is 65.8 Å². The first-order valence-corrected chi connectivity index (χ1v) is 12.5. The lowest BCUT2D eigenvalue weighted by Crippen LogP contribution is -2.45. The molecule has 0 bridgehead atoms. The van der Waals surface area contributed by atoms with E-state index in [1.54, 1.807) is 12.1 Å². The topological polar surface area (TPSA) is 66.6 Å². The van der Waals surface area contributed by atoms with Crippen molar-refractivity contribution in [3.05, 3.63) is 101 Å². The largest absolute Gasteiger partial charge is 0.478 e. The summed E-state index contributed by atoms with van der Waals surface area (Å²) in [5.41, 5.74) is 8.04. The highest BCUT2D eigenvalue weighted by Gasteiger charge is 2.32. The number of nitrogens with zero attached hydrogens (tertiary/aromatic N) is 2. The van der Waals surface area contributed by atoms with Gasteiger partial charge in [0.2, 0.25) is 0 Å². The van der Waals surface area contributed by atoms with E-state index in [1.165, 1.54) is 24.1 Å². The van der Waals surface area contributed by atoms with Crippen LogP contribution in [0.15, 0.2) is 83.4 Å². The van der Waals surface area contributed by atoms with Crippen LogP contribution in [-0.4, -0.2) is 29.3 Å². The predicted molar refractivity (Wildman–Crippen MR) is 142 cm³/mol. The molecule has 4 aromatic rings. The Morgan fingerprint density at radius 1 is 0.972 bits per heavy atom. The molecule has 0 radical (unpaired) electrons. The molecule has 0 amide bonds. The Hall–Kier alpha value is -4.12. The van der Waals surface area contributed by atoms with E-state index in [4.69, 9.17) is 9.63 Å². The van der Waals surface area contributed by atoms with E-state index >= 15 is 0 Å². The fourth-order valence-electron chi connectivity index (χ4n) is 4.89. The number of aromatic nitrogens is 1. The van der Waals surface area contributed by atoms with E-state index in [1.807, 2.05) is 12.1 Å². The van der Waals surface area contributed by atoms with Crippen molar-refractivity contribution >= 4 is 17.7 Å². The summed E-state index contributed by atoms with van der Waals surface area (Å²) in [4.78, 5) is 13.5. The molecule has 1 saturated carbocycles. The Morgan fingerprint density at radius 3 is 2.28 bits per heavy atom. The first kappa shape index (κ1) is 22.4. The minimum Gasteiger partial charge on any atom is -0.478 e. The summed E-state index contributed by atoms with van der Waals surface area (Å²) in [6.07, 6.45) is 6.91. The quantitative estimate of drug-likeness (QED) is 0.310. The van der Waals surface area contributed by atoms with Crippen molar-refractivity contribution in [3.63, 3.8) is 0 Å². The minimum absolute atomic E-state index is 0.302. The first-order chi connectivity index (χ1) is 17.6. The van der Waals surface area contributed by atoms with Gasteiger partial charge in [-0.3, -0.25) is 0 Å². The molecule has 1 saturated heterocycles. The fourth-order valence-corrected chi connectivity index (χ4v) is 4.89. The third-order valence-electron chi connectivity index (χ3n) is 7.25. The molecule has 0 atom stereocenters. The number of benzene rings is 3. The van der Waals surface area contributed by atoms with E-state index < -0.39 is 5.97 Å². The first-order valence-electron chi connectivity index (χ1n) is 12.5. The second kappa shape index (κ2) is 9.15. The van der Waals surface area contributed by atoms with Crippen molar-refractivity contribution in [3.8, 4) is 22.4 Å². The fraction of sp³-hybridized carbons (Fsp3) is 0.226. The zero-order valence-electron chi connectivity index (χ0n) is 20.2. The van der Waals surface area contributed by atoms with Crippen LogP contribution in [0.25, 0.3) is 28.5 Å². The molecule has 2 fully saturated rings. The number of carboxylic acids is 1. The van der Waals surface area contributed by atoms with Gasteiger partial charge in [-0.05, 0) is 60.7 Å². The number of rotatable bonds is 7. The third-order valence-corrected chi connectivity index (χ3v) is 7.25. The van der Waals surface area contributed by atoms with Gasteiger partial charge in [0.1, 0.15) is 11.5 Å². The predicted octanol–water partition coefficient (Wildman–Crippen LogP) is 7.04. The molecule has 1 N–H and O–H groups in total. The molecule has 6 rings (SSSR count). The SMILES string of the molecule is Cc1ccccc1-c1noc(C2CC2)c1/C=C/C1CN(c2ccc(-c3ccc(C(=O)O)cc3)cc2)C1. The Labute approximate surface area is 210 Å². The second-order valence-electron chi connectivity index (χ2n) is 9.85. The summed E-state index contributed by atoms with van der Waals surface area (Å²) in [5.74, 6) is 1.12. The molecule has 2 heterocycles. The summed E-state index contributed by atoms with van der Waals surface area (Å²) >= 11 is 0. The van der Waals surface area contributed by atoms with Crippen LogP contribution in [0.4, 0.5) is 5.69 Å². The van der Waals surface area contributed by atoms with Crippen LogP contribution in [0.1, 0.15) is 46.0 Å². The van der Waals surface area contributed by atoms with E-state index in [2.05, 4.69) is 77.7 Å². The van der Waals surface area contributed by atoms with Gasteiger partial charge in [0.05, 0.1) is 5.56 Å². The van der Waals surface area contributed by atoms with Gasteiger partial charge in [-0.15, -0.1) is 0 Å². The van der Waals surface area contributed by atoms with Crippen molar-refractivity contribution in [2.45, 2.75) is 25.7 Å². The number of carboxylic acid groups (broad SMARTS) is 1. The highest BCUT2D eigenvalue weighted by atomic mass is 16.5. The molecule has 1 aliphatic heterocycles. The second-order valence-corrected chi connectivity index (χ2v) is 9.85. The number of anilines is 1. The van der Waals surface area contributed by atoms with Gasteiger partial charge in [-0.25, -0.2) is 4.79 Å². The van der Waals surface area contributed by atoms with Gasteiger partial charge in [0.15, 0.2) is 0 Å². The molecule has 0 unspecified atom stereocenters. The van der Waals surface area contributed by atoms with Gasteiger partial charge in [0, 0.05) is 41.7 Å². The van der Waals surface area contributed by atoms with Crippen molar-refractivity contribution in [1.82, 2.24) is 5.16 Å². The van der Waals surface area contributed by atoms with Crippen LogP contribution >= 0.6 is 0 Å². The molecule has 1 aromatic heterocycles. The van der Waals surface area contributed by atoms with Crippen molar-refractivity contribution in [1.29, 1.82) is 0 Å². The van der Waals surface area contributed by atoms with E-state index in [-0.39, 0.29) is 0 Å². The van der Waals surface area contributed by atoms with Crippen molar-refractivity contribution in [2.24, 2.45) is 5.92 Å². The lowest BCUT2D eigenvalue weighted by atomic mass is 9.95. The number of aromatic carboxylic acids is 1. The van der Waals surface area contributed by atoms with Gasteiger partial charge >= 0.3 is 5.97 Å². The zero-order valence-corrected chi connectivity index (χ0v) is 20.2. The molecule has 2 aliphatic rings. The number of hydrogen-bond acceptors (Lipinski definition) is 4. The molecule has 5 nitrogen and oxygen atoms in total. The maximum absolute atomic E-state index is 11.1. The average Bonchev–Trinajstić information content (AvgIpc) is 3.63. The molecule has 0 spiro atoms. The van der Waals surface area contributed by atoms with E-state index in [9.17, 15) is 4.79 Å². The highest BCUT2D eigenvalue weighted by Crippen LogP contribution is 2.45. The van der Waals surface area contributed by atoms with Crippen molar-refractivity contribution < 1.29 is 14.4 Å². The standard InChI is InChI=1S/C31H28N2O3/c1-20-4-2-3-5-27(20)29-28(30(36-32-29)24-9-10-24)17-6-21-18-33(19-21)26-15-13-23(14-16-26)22-7-11-25(12-8-22)31(34)35/h2-8,11-17,21,24H,9-10,18-19H2,1H3,(H,34,35)/b17-6+. The van der Waals surface area contributed by atoms with Gasteiger partial charge < -0.3 is 14.5 Å². The van der Waals surface area contributed by atoms with E-state index in [0.29, 0.717) is 17.4 Å². The molecule has 1 aliphatic carbocycles. The Bertz CT molecular complexity index is 1420. The third kappa shape index (κ3) is 4.33. The lowest BCUT2D eigenvalue weighted by Gasteiger charge is -2.39. The Balaban J connectivity index is 1.13. The summed E-state index contributed by atoms with van der Waals surface area (Å²) < 4.78 is 5.83.